The summed E-state index contributed by atoms with van der Waals surface area (Å²) in [6, 6.07) is 52.3. The maximum Gasteiger partial charge on any atom is 0.160 e. The van der Waals surface area contributed by atoms with E-state index >= 15 is 0 Å². The fraction of sp³-hybridized carbons (Fsp3) is 0. The first-order valence-corrected chi connectivity index (χ1v) is 16.1. The Balaban J connectivity index is 1.32. The van der Waals surface area contributed by atoms with Crippen LogP contribution in [0.3, 0.4) is 0 Å². The molecule has 0 bridgehead atoms. The van der Waals surface area contributed by atoms with E-state index in [-0.39, 0.29) is 0 Å². The van der Waals surface area contributed by atoms with E-state index in [0.717, 1.165) is 38.9 Å². The molecule has 2 aromatic heterocycles. The Morgan fingerprint density at radius 3 is 1.91 bits per heavy atom. The maximum atomic E-state index is 5.28. The van der Waals surface area contributed by atoms with Crippen molar-refractivity contribution in [3.05, 3.63) is 146 Å². The number of hydrogen-bond acceptors (Lipinski definition) is 3. The van der Waals surface area contributed by atoms with Crippen LogP contribution in [0.5, 0.6) is 0 Å². The Kier molecular flexibility index (Phi) is 5.19. The topological polar surface area (TPSA) is 25.8 Å². The van der Waals surface area contributed by atoms with Gasteiger partial charge in [0.15, 0.2) is 5.82 Å². The summed E-state index contributed by atoms with van der Waals surface area (Å²) in [5.74, 6) is 0.740. The number of benzene rings is 8. The van der Waals surface area contributed by atoms with E-state index in [4.69, 9.17) is 9.97 Å². The minimum atomic E-state index is 0.740. The summed E-state index contributed by atoms with van der Waals surface area (Å²) in [7, 11) is 0. The molecule has 0 amide bonds. The van der Waals surface area contributed by atoms with Gasteiger partial charge in [0.25, 0.3) is 0 Å². The summed E-state index contributed by atoms with van der Waals surface area (Å²) in [6.07, 6.45) is 0. The third-order valence-electron chi connectivity index (χ3n) is 9.24. The first-order valence-electron chi connectivity index (χ1n) is 15.3. The van der Waals surface area contributed by atoms with Crippen LogP contribution in [-0.2, 0) is 0 Å². The lowest BCUT2D eigenvalue weighted by molar-refractivity contribution is 1.24. The van der Waals surface area contributed by atoms with Crippen LogP contribution in [0.4, 0.5) is 0 Å². The van der Waals surface area contributed by atoms with Crippen LogP contribution in [0.1, 0.15) is 0 Å². The molecule has 0 aliphatic heterocycles. The van der Waals surface area contributed by atoms with E-state index in [9.17, 15) is 0 Å². The fourth-order valence-electron chi connectivity index (χ4n) is 7.17. The fourth-order valence-corrected chi connectivity index (χ4v) is 8.43. The zero-order valence-electron chi connectivity index (χ0n) is 24.2. The van der Waals surface area contributed by atoms with Crippen molar-refractivity contribution in [1.82, 2.24) is 9.97 Å². The molecule has 208 valence electrons. The highest BCUT2D eigenvalue weighted by Crippen LogP contribution is 2.45. The zero-order chi connectivity index (χ0) is 29.5. The molecule has 10 aromatic rings. The smallest absolute Gasteiger partial charge is 0.160 e. The van der Waals surface area contributed by atoms with E-state index in [0.29, 0.717) is 0 Å². The number of thiophene rings is 1. The molecule has 0 aliphatic rings. The van der Waals surface area contributed by atoms with Gasteiger partial charge in [-0.05, 0) is 50.5 Å². The molecular formula is C42H24N2S. The molecule has 2 nitrogen and oxygen atoms in total. The minimum Gasteiger partial charge on any atom is -0.227 e. The van der Waals surface area contributed by atoms with Crippen molar-refractivity contribution in [2.75, 3.05) is 0 Å². The zero-order valence-corrected chi connectivity index (χ0v) is 25.0. The highest BCUT2D eigenvalue weighted by molar-refractivity contribution is 7.26. The second-order valence-electron chi connectivity index (χ2n) is 11.7. The van der Waals surface area contributed by atoms with Crippen molar-refractivity contribution in [2.45, 2.75) is 0 Å². The molecule has 0 aliphatic carbocycles. The second kappa shape index (κ2) is 9.43. The van der Waals surface area contributed by atoms with Gasteiger partial charge < -0.3 is 0 Å². The van der Waals surface area contributed by atoms with Crippen LogP contribution in [0.25, 0.3) is 96.8 Å². The Hall–Kier alpha value is -5.64. The predicted molar refractivity (Wildman–Crippen MR) is 193 cm³/mol. The molecule has 0 radical (unpaired) electrons. The van der Waals surface area contributed by atoms with Crippen LogP contribution in [-0.4, -0.2) is 9.97 Å². The first-order chi connectivity index (χ1) is 22.3. The highest BCUT2D eigenvalue weighted by Gasteiger charge is 2.17. The molecule has 3 heteroatoms. The standard InChI is InChI=1S/C42H24N2S/c1-2-11-26(12-3-1)39-35-21-18-25-10-4-5-13-28(25)40(35)44-42(43-39)27-19-20-33-36(24-27)30-15-7-6-14-29(30)32-22-23-34-31-16-8-9-17-37(31)45-41(34)38(32)33/h1-24H. The molecular weight excluding hydrogens is 565 g/mol. The lowest BCUT2D eigenvalue weighted by Gasteiger charge is -2.14. The quantitative estimate of drug-likeness (QED) is 0.188. The van der Waals surface area contributed by atoms with E-state index in [1.54, 1.807) is 0 Å². The molecule has 0 spiro atoms. The Labute approximate surface area is 262 Å². The van der Waals surface area contributed by atoms with E-state index < -0.39 is 0 Å². The number of fused-ring (bicyclic) bond motifs is 13. The van der Waals surface area contributed by atoms with Gasteiger partial charge in [-0.3, -0.25) is 0 Å². The molecule has 0 atom stereocenters. The van der Waals surface area contributed by atoms with E-state index in [2.05, 4.69) is 146 Å². The van der Waals surface area contributed by atoms with Crippen LogP contribution in [0.2, 0.25) is 0 Å². The third-order valence-corrected chi connectivity index (χ3v) is 10.4. The Morgan fingerprint density at radius 1 is 0.400 bits per heavy atom. The average molecular weight is 589 g/mol. The number of hydrogen-bond donors (Lipinski definition) is 0. The lowest BCUT2D eigenvalue weighted by atomic mass is 9.92. The van der Waals surface area contributed by atoms with Gasteiger partial charge in [0.1, 0.15) is 0 Å². The van der Waals surface area contributed by atoms with Gasteiger partial charge in [-0.15, -0.1) is 11.3 Å². The normalized spacial score (nSPS) is 12.0. The monoisotopic (exact) mass is 588 g/mol. The summed E-state index contributed by atoms with van der Waals surface area (Å²) in [5.41, 5.74) is 4.04. The van der Waals surface area contributed by atoms with Crippen LogP contribution in [0.15, 0.2) is 146 Å². The van der Waals surface area contributed by atoms with Crippen LogP contribution in [0, 0.1) is 0 Å². The van der Waals surface area contributed by atoms with Crippen molar-refractivity contribution in [3.8, 4) is 22.6 Å². The summed E-state index contributed by atoms with van der Waals surface area (Å²) >= 11 is 1.89. The number of rotatable bonds is 2. The summed E-state index contributed by atoms with van der Waals surface area (Å²) in [6.45, 7) is 0. The minimum absolute atomic E-state index is 0.740. The molecule has 0 unspecified atom stereocenters. The molecule has 0 fully saturated rings. The molecule has 0 saturated heterocycles. The third kappa shape index (κ3) is 3.62. The van der Waals surface area contributed by atoms with Gasteiger partial charge >= 0.3 is 0 Å². The average Bonchev–Trinajstić information content (AvgIpc) is 3.50. The summed E-state index contributed by atoms with van der Waals surface area (Å²) in [5, 5.41) is 13.6. The maximum absolute atomic E-state index is 5.28. The van der Waals surface area contributed by atoms with Gasteiger partial charge in [0, 0.05) is 47.5 Å². The van der Waals surface area contributed by atoms with Crippen molar-refractivity contribution < 1.29 is 0 Å². The molecule has 0 N–H and O–H groups in total. The van der Waals surface area contributed by atoms with E-state index in [1.165, 1.54) is 57.9 Å². The molecule has 8 aromatic carbocycles. The molecule has 0 saturated carbocycles. The second-order valence-corrected chi connectivity index (χ2v) is 12.8. The van der Waals surface area contributed by atoms with Crippen molar-refractivity contribution in [1.29, 1.82) is 0 Å². The van der Waals surface area contributed by atoms with Crippen molar-refractivity contribution >= 4 is 85.5 Å². The lowest BCUT2D eigenvalue weighted by Crippen LogP contribution is -1.96. The van der Waals surface area contributed by atoms with Gasteiger partial charge in [0.2, 0.25) is 0 Å². The Bertz CT molecular complexity index is 2810. The first kappa shape index (κ1) is 24.8. The van der Waals surface area contributed by atoms with Crippen LogP contribution >= 0.6 is 11.3 Å². The van der Waals surface area contributed by atoms with Gasteiger partial charge in [0.05, 0.1) is 11.2 Å². The van der Waals surface area contributed by atoms with Crippen LogP contribution < -0.4 is 0 Å². The van der Waals surface area contributed by atoms with Gasteiger partial charge in [-0.25, -0.2) is 9.97 Å². The SMILES string of the molecule is c1ccc(-c2nc(-c3ccc4c(c3)c3ccccc3c3ccc5c6ccccc6sc5c34)nc3c2ccc2ccccc23)cc1. The highest BCUT2D eigenvalue weighted by atomic mass is 32.1. The van der Waals surface area contributed by atoms with E-state index in [1.807, 2.05) is 11.3 Å². The summed E-state index contributed by atoms with van der Waals surface area (Å²) < 4.78 is 2.67. The van der Waals surface area contributed by atoms with Gasteiger partial charge in [-0.1, -0.05) is 127 Å². The van der Waals surface area contributed by atoms with Crippen molar-refractivity contribution in [2.24, 2.45) is 0 Å². The Morgan fingerprint density at radius 2 is 1.04 bits per heavy atom. The largest absolute Gasteiger partial charge is 0.227 e. The van der Waals surface area contributed by atoms with Crippen molar-refractivity contribution in [3.63, 3.8) is 0 Å². The molecule has 2 heterocycles. The number of aromatic nitrogens is 2. The molecule has 10 rings (SSSR count). The summed E-state index contributed by atoms with van der Waals surface area (Å²) in [4.78, 5) is 10.5. The molecule has 45 heavy (non-hydrogen) atoms. The predicted octanol–water partition coefficient (Wildman–Crippen LogP) is 11.9. The van der Waals surface area contributed by atoms with Gasteiger partial charge in [-0.2, -0.15) is 0 Å². The number of nitrogens with zero attached hydrogens (tertiary/aromatic N) is 2.